The molecule has 22 heavy (non-hydrogen) atoms. The molecule has 2 fully saturated rings. The highest BCUT2D eigenvalue weighted by atomic mass is 16.5. The molecule has 3 rings (SSSR count). The number of piperidine rings is 1. The minimum absolute atomic E-state index is 0.146. The van der Waals surface area contributed by atoms with Gasteiger partial charge in [0.2, 0.25) is 0 Å². The molecule has 2 aliphatic heterocycles. The standard InChI is InChI=1S/C18H24N2O2/c1-17(21)8-11-22-18(14-17)6-9-20(10-7-18)13-16-5-3-2-4-15(16)12-19/h2-5,21H,6-11,13-14H2,1H3. The van der Waals surface area contributed by atoms with Gasteiger partial charge in [0.15, 0.2) is 0 Å². The number of nitrogens with zero attached hydrogens (tertiary/aromatic N) is 2. The number of hydrogen-bond acceptors (Lipinski definition) is 4. The summed E-state index contributed by atoms with van der Waals surface area (Å²) in [5, 5.41) is 19.5. The molecule has 0 aromatic heterocycles. The molecule has 1 atom stereocenters. The van der Waals surface area contributed by atoms with Crippen LogP contribution in [0.5, 0.6) is 0 Å². The Morgan fingerprint density at radius 2 is 2.00 bits per heavy atom. The third-order valence-corrected chi connectivity index (χ3v) is 5.05. The van der Waals surface area contributed by atoms with Crippen LogP contribution in [0.25, 0.3) is 0 Å². The highest BCUT2D eigenvalue weighted by Crippen LogP contribution is 2.39. The van der Waals surface area contributed by atoms with Crippen molar-refractivity contribution >= 4 is 0 Å². The first-order chi connectivity index (χ1) is 10.5. The molecule has 2 saturated heterocycles. The molecule has 1 N–H and O–H groups in total. The Labute approximate surface area is 132 Å². The molecule has 1 aromatic carbocycles. The van der Waals surface area contributed by atoms with Crippen LogP contribution < -0.4 is 0 Å². The van der Waals surface area contributed by atoms with E-state index in [0.717, 1.165) is 56.4 Å². The van der Waals surface area contributed by atoms with Crippen molar-refractivity contribution in [3.05, 3.63) is 35.4 Å². The number of rotatable bonds is 2. The molecule has 1 spiro atoms. The van der Waals surface area contributed by atoms with Gasteiger partial charge in [-0.15, -0.1) is 0 Å². The lowest BCUT2D eigenvalue weighted by Crippen LogP contribution is -2.53. The van der Waals surface area contributed by atoms with Crippen molar-refractivity contribution < 1.29 is 9.84 Å². The quantitative estimate of drug-likeness (QED) is 0.911. The van der Waals surface area contributed by atoms with Crippen molar-refractivity contribution in [1.29, 1.82) is 5.26 Å². The Morgan fingerprint density at radius 1 is 1.27 bits per heavy atom. The molecule has 1 aromatic rings. The Bertz CT molecular complexity index is 569. The van der Waals surface area contributed by atoms with Crippen molar-refractivity contribution in [3.8, 4) is 6.07 Å². The average Bonchev–Trinajstić information content (AvgIpc) is 2.49. The van der Waals surface area contributed by atoms with Gasteiger partial charge in [0.25, 0.3) is 0 Å². The third kappa shape index (κ3) is 3.33. The summed E-state index contributed by atoms with van der Waals surface area (Å²) >= 11 is 0. The summed E-state index contributed by atoms with van der Waals surface area (Å²) in [6.45, 7) is 5.30. The smallest absolute Gasteiger partial charge is 0.0995 e. The maximum Gasteiger partial charge on any atom is 0.0995 e. The lowest BCUT2D eigenvalue weighted by molar-refractivity contribution is -0.173. The highest BCUT2D eigenvalue weighted by molar-refractivity contribution is 5.37. The summed E-state index contributed by atoms with van der Waals surface area (Å²) < 4.78 is 6.05. The first-order valence-electron chi connectivity index (χ1n) is 8.09. The van der Waals surface area contributed by atoms with Crippen LogP contribution in [0.3, 0.4) is 0 Å². The second-order valence-electron chi connectivity index (χ2n) is 7.00. The van der Waals surface area contributed by atoms with E-state index >= 15 is 0 Å². The molecule has 2 heterocycles. The van der Waals surface area contributed by atoms with Gasteiger partial charge in [0.1, 0.15) is 0 Å². The fourth-order valence-electron chi connectivity index (χ4n) is 3.77. The second-order valence-corrected chi connectivity index (χ2v) is 7.00. The van der Waals surface area contributed by atoms with Gasteiger partial charge in [-0.2, -0.15) is 5.26 Å². The minimum Gasteiger partial charge on any atom is -0.390 e. The normalized spacial score (nSPS) is 28.4. The Balaban J connectivity index is 1.61. The van der Waals surface area contributed by atoms with Gasteiger partial charge in [0, 0.05) is 26.1 Å². The molecule has 0 aliphatic carbocycles. The van der Waals surface area contributed by atoms with E-state index in [4.69, 9.17) is 4.74 Å². The molecule has 2 aliphatic rings. The molecule has 0 radical (unpaired) electrons. The minimum atomic E-state index is -0.589. The second kappa shape index (κ2) is 6.00. The van der Waals surface area contributed by atoms with Crippen LogP contribution in [-0.4, -0.2) is 40.9 Å². The molecule has 4 heteroatoms. The number of nitriles is 1. The molecule has 0 saturated carbocycles. The third-order valence-electron chi connectivity index (χ3n) is 5.05. The molecule has 0 amide bonds. The predicted octanol–water partition coefficient (Wildman–Crippen LogP) is 2.45. The lowest BCUT2D eigenvalue weighted by atomic mass is 9.78. The van der Waals surface area contributed by atoms with Crippen molar-refractivity contribution in [3.63, 3.8) is 0 Å². The van der Waals surface area contributed by atoms with E-state index in [2.05, 4.69) is 11.0 Å². The molecule has 1 unspecified atom stereocenters. The van der Waals surface area contributed by atoms with Crippen LogP contribution in [0.4, 0.5) is 0 Å². The van der Waals surface area contributed by atoms with Gasteiger partial charge in [-0.25, -0.2) is 0 Å². The summed E-state index contributed by atoms with van der Waals surface area (Å²) in [6, 6.07) is 10.1. The zero-order valence-corrected chi connectivity index (χ0v) is 13.2. The van der Waals surface area contributed by atoms with Gasteiger partial charge >= 0.3 is 0 Å². The zero-order chi connectivity index (χ0) is 15.6. The van der Waals surface area contributed by atoms with Crippen molar-refractivity contribution in [2.24, 2.45) is 0 Å². The molecule has 0 bridgehead atoms. The van der Waals surface area contributed by atoms with Crippen LogP contribution in [0.15, 0.2) is 24.3 Å². The van der Waals surface area contributed by atoms with E-state index in [1.165, 1.54) is 0 Å². The van der Waals surface area contributed by atoms with Gasteiger partial charge in [0.05, 0.1) is 29.4 Å². The summed E-state index contributed by atoms with van der Waals surface area (Å²) in [5.41, 5.74) is 1.12. The average molecular weight is 300 g/mol. The van der Waals surface area contributed by atoms with Crippen LogP contribution in [-0.2, 0) is 11.3 Å². The van der Waals surface area contributed by atoms with E-state index in [1.54, 1.807) is 0 Å². The zero-order valence-electron chi connectivity index (χ0n) is 13.2. The summed E-state index contributed by atoms with van der Waals surface area (Å²) in [4.78, 5) is 2.38. The van der Waals surface area contributed by atoms with E-state index in [-0.39, 0.29) is 5.60 Å². The molecular weight excluding hydrogens is 276 g/mol. The Hall–Kier alpha value is -1.41. The van der Waals surface area contributed by atoms with Crippen molar-refractivity contribution in [1.82, 2.24) is 4.90 Å². The largest absolute Gasteiger partial charge is 0.390 e. The Morgan fingerprint density at radius 3 is 2.68 bits per heavy atom. The van der Waals surface area contributed by atoms with E-state index in [0.29, 0.717) is 6.61 Å². The molecular formula is C18H24N2O2. The number of aliphatic hydroxyl groups is 1. The monoisotopic (exact) mass is 300 g/mol. The van der Waals surface area contributed by atoms with Crippen LogP contribution in [0.2, 0.25) is 0 Å². The molecule has 4 nitrogen and oxygen atoms in total. The topological polar surface area (TPSA) is 56.5 Å². The first kappa shape index (κ1) is 15.5. The van der Waals surface area contributed by atoms with Crippen molar-refractivity contribution in [2.75, 3.05) is 19.7 Å². The van der Waals surface area contributed by atoms with Crippen LogP contribution in [0, 0.1) is 11.3 Å². The van der Waals surface area contributed by atoms with Gasteiger partial charge in [-0.05, 0) is 37.8 Å². The summed E-state index contributed by atoms with van der Waals surface area (Å²) in [7, 11) is 0. The lowest BCUT2D eigenvalue weighted by Gasteiger charge is -2.48. The van der Waals surface area contributed by atoms with Gasteiger partial charge in [-0.1, -0.05) is 18.2 Å². The van der Waals surface area contributed by atoms with Gasteiger partial charge in [-0.3, -0.25) is 4.90 Å². The first-order valence-corrected chi connectivity index (χ1v) is 8.09. The fraction of sp³-hybridized carbons (Fsp3) is 0.611. The predicted molar refractivity (Wildman–Crippen MR) is 84.2 cm³/mol. The van der Waals surface area contributed by atoms with E-state index < -0.39 is 5.60 Å². The Kier molecular flexibility index (Phi) is 4.22. The summed E-state index contributed by atoms with van der Waals surface area (Å²) in [6.07, 6.45) is 3.38. The SMILES string of the molecule is CC1(O)CCOC2(CCN(Cc3ccccc3C#N)CC2)C1. The summed E-state index contributed by atoms with van der Waals surface area (Å²) in [5.74, 6) is 0. The molecule has 118 valence electrons. The van der Waals surface area contributed by atoms with Crippen molar-refractivity contribution in [2.45, 2.75) is 50.4 Å². The van der Waals surface area contributed by atoms with Crippen LogP contribution >= 0.6 is 0 Å². The number of likely N-dealkylation sites (tertiary alicyclic amines) is 1. The van der Waals surface area contributed by atoms with Gasteiger partial charge < -0.3 is 9.84 Å². The maximum absolute atomic E-state index is 10.3. The maximum atomic E-state index is 10.3. The number of hydrogen-bond donors (Lipinski definition) is 1. The van der Waals surface area contributed by atoms with E-state index in [1.807, 2.05) is 31.2 Å². The highest BCUT2D eigenvalue weighted by Gasteiger charge is 2.44. The van der Waals surface area contributed by atoms with Crippen LogP contribution in [0.1, 0.15) is 43.7 Å². The fourth-order valence-corrected chi connectivity index (χ4v) is 3.77. The van der Waals surface area contributed by atoms with E-state index in [9.17, 15) is 10.4 Å². The number of ether oxygens (including phenoxy) is 1. The number of benzene rings is 1.